The van der Waals surface area contributed by atoms with Gasteiger partial charge in [-0.25, -0.2) is 0 Å². The van der Waals surface area contributed by atoms with Crippen LogP contribution in [-0.4, -0.2) is 17.3 Å². The molecule has 0 spiro atoms. The zero-order chi connectivity index (χ0) is 17.2. The normalized spacial score (nSPS) is 31.7. The third-order valence-corrected chi connectivity index (χ3v) is 6.20. The monoisotopic (exact) mass is 330 g/mol. The highest BCUT2D eigenvalue weighted by Crippen LogP contribution is 2.39. The minimum Gasteiger partial charge on any atom is -0.490 e. The molecule has 1 aromatic carbocycles. The Hall–Kier alpha value is -1.02. The average molecular weight is 331 g/mol. The van der Waals surface area contributed by atoms with Crippen LogP contribution in [0.4, 0.5) is 0 Å². The van der Waals surface area contributed by atoms with E-state index < -0.39 is 0 Å². The number of benzene rings is 1. The van der Waals surface area contributed by atoms with Gasteiger partial charge in [-0.2, -0.15) is 0 Å². The molecule has 0 heterocycles. The maximum atomic E-state index is 9.87. The van der Waals surface area contributed by atoms with Crippen molar-refractivity contribution >= 4 is 0 Å². The Kier molecular flexibility index (Phi) is 5.54. The molecule has 0 radical (unpaired) electrons. The molecule has 0 amide bonds. The molecule has 2 saturated carbocycles. The lowest BCUT2D eigenvalue weighted by Crippen LogP contribution is -2.30. The van der Waals surface area contributed by atoms with E-state index in [0.29, 0.717) is 17.4 Å². The van der Waals surface area contributed by atoms with Gasteiger partial charge in [0.2, 0.25) is 0 Å². The smallest absolute Gasteiger partial charge is 0.119 e. The fourth-order valence-electron chi connectivity index (χ4n) is 4.52. The summed E-state index contributed by atoms with van der Waals surface area (Å²) in [6.45, 7) is 7.08. The van der Waals surface area contributed by atoms with Crippen LogP contribution in [0.2, 0.25) is 0 Å². The van der Waals surface area contributed by atoms with Crippen molar-refractivity contribution in [3.63, 3.8) is 0 Å². The minimum atomic E-state index is -0.113. The van der Waals surface area contributed by atoms with E-state index in [1.165, 1.54) is 37.7 Å². The van der Waals surface area contributed by atoms with Crippen LogP contribution in [0.25, 0.3) is 0 Å². The first-order chi connectivity index (χ1) is 11.4. The van der Waals surface area contributed by atoms with Gasteiger partial charge < -0.3 is 9.84 Å². The maximum absolute atomic E-state index is 9.87. The van der Waals surface area contributed by atoms with E-state index >= 15 is 0 Å². The Morgan fingerprint density at radius 3 is 2.17 bits per heavy atom. The first kappa shape index (κ1) is 17.8. The van der Waals surface area contributed by atoms with Crippen molar-refractivity contribution in [2.75, 3.05) is 0 Å². The van der Waals surface area contributed by atoms with Gasteiger partial charge in [-0.1, -0.05) is 39.3 Å². The molecule has 0 aromatic heterocycles. The molecule has 2 unspecified atom stereocenters. The third kappa shape index (κ3) is 4.53. The van der Waals surface area contributed by atoms with Crippen molar-refractivity contribution < 1.29 is 9.84 Å². The summed E-state index contributed by atoms with van der Waals surface area (Å²) in [4.78, 5) is 0. The Morgan fingerprint density at radius 2 is 1.58 bits per heavy atom. The number of rotatable bonds is 3. The van der Waals surface area contributed by atoms with E-state index in [9.17, 15) is 5.11 Å². The van der Waals surface area contributed by atoms with Crippen molar-refractivity contribution in [3.8, 4) is 5.75 Å². The summed E-state index contributed by atoms with van der Waals surface area (Å²) < 4.78 is 6.23. The highest BCUT2D eigenvalue weighted by Gasteiger charge is 2.30. The predicted molar refractivity (Wildman–Crippen MR) is 99.5 cm³/mol. The Morgan fingerprint density at radius 1 is 0.917 bits per heavy atom. The Balaban J connectivity index is 1.52. The number of aliphatic hydroxyl groups is 1. The Labute approximate surface area is 147 Å². The van der Waals surface area contributed by atoms with Crippen LogP contribution in [0.5, 0.6) is 5.75 Å². The summed E-state index contributed by atoms with van der Waals surface area (Å²) >= 11 is 0. The number of hydrogen-bond acceptors (Lipinski definition) is 2. The van der Waals surface area contributed by atoms with E-state index in [2.05, 4.69) is 45.0 Å². The van der Waals surface area contributed by atoms with Crippen LogP contribution < -0.4 is 4.74 Å². The zero-order valence-electron chi connectivity index (χ0n) is 15.6. The molecule has 3 rings (SSSR count). The van der Waals surface area contributed by atoms with Crippen LogP contribution in [0, 0.1) is 11.3 Å². The summed E-state index contributed by atoms with van der Waals surface area (Å²) in [5.74, 6) is 2.36. The van der Waals surface area contributed by atoms with E-state index in [4.69, 9.17) is 4.74 Å². The van der Waals surface area contributed by atoms with Crippen LogP contribution in [0.3, 0.4) is 0 Å². The molecule has 2 heteroatoms. The molecule has 2 aliphatic rings. The first-order valence-electron chi connectivity index (χ1n) is 9.86. The highest BCUT2D eigenvalue weighted by atomic mass is 16.5. The number of hydrogen-bond donors (Lipinski definition) is 1. The van der Waals surface area contributed by atoms with Crippen molar-refractivity contribution in [2.24, 2.45) is 11.3 Å². The largest absolute Gasteiger partial charge is 0.490 e. The van der Waals surface area contributed by atoms with Crippen molar-refractivity contribution in [3.05, 3.63) is 29.8 Å². The molecule has 2 aliphatic carbocycles. The summed E-state index contributed by atoms with van der Waals surface area (Å²) in [7, 11) is 0. The van der Waals surface area contributed by atoms with Gasteiger partial charge in [0.25, 0.3) is 0 Å². The molecular formula is C22H34O2. The summed E-state index contributed by atoms with van der Waals surface area (Å²) in [6, 6.07) is 8.68. The van der Waals surface area contributed by atoms with Gasteiger partial charge in [0.15, 0.2) is 0 Å². The molecule has 0 bridgehead atoms. The van der Waals surface area contributed by atoms with Gasteiger partial charge in [-0.15, -0.1) is 0 Å². The van der Waals surface area contributed by atoms with Crippen molar-refractivity contribution in [1.82, 2.24) is 0 Å². The van der Waals surface area contributed by atoms with Gasteiger partial charge in [-0.3, -0.25) is 0 Å². The molecular weight excluding hydrogens is 296 g/mol. The number of ether oxygens (including phenoxy) is 1. The van der Waals surface area contributed by atoms with Gasteiger partial charge in [-0.05, 0) is 79.9 Å². The molecule has 2 fully saturated rings. The van der Waals surface area contributed by atoms with Crippen LogP contribution >= 0.6 is 0 Å². The number of aliphatic hydroxyl groups excluding tert-OH is 1. The minimum absolute atomic E-state index is 0.113. The molecule has 24 heavy (non-hydrogen) atoms. The van der Waals surface area contributed by atoms with Gasteiger partial charge in [0.05, 0.1) is 12.2 Å². The van der Waals surface area contributed by atoms with Crippen LogP contribution in [0.1, 0.15) is 83.6 Å². The summed E-state index contributed by atoms with van der Waals surface area (Å²) in [5, 5.41) is 9.87. The average Bonchev–Trinajstić information content (AvgIpc) is 2.55. The van der Waals surface area contributed by atoms with E-state index in [0.717, 1.165) is 30.9 Å². The molecule has 0 aliphatic heterocycles. The van der Waals surface area contributed by atoms with Gasteiger partial charge in [0, 0.05) is 0 Å². The topological polar surface area (TPSA) is 29.5 Å². The summed E-state index contributed by atoms with van der Waals surface area (Å²) in [6.07, 6.45) is 9.42. The second-order valence-corrected chi connectivity index (χ2v) is 9.04. The molecule has 1 aromatic rings. The molecule has 0 saturated heterocycles. The predicted octanol–water partition coefficient (Wildman–Crippen LogP) is 5.69. The van der Waals surface area contributed by atoms with E-state index in [-0.39, 0.29) is 6.10 Å². The fraction of sp³-hybridized carbons (Fsp3) is 0.727. The van der Waals surface area contributed by atoms with E-state index in [1.807, 2.05) is 0 Å². The standard InChI is InChI=1S/C22H34O2/c1-22(2,3)18-9-13-21(14-10-18)24-20-11-7-16(8-12-20)17-5-4-6-19(23)15-17/h7-8,11-12,17-19,21,23H,4-6,9-10,13-15H2,1-3H3. The molecule has 2 nitrogen and oxygen atoms in total. The Bertz CT molecular complexity index is 506. The zero-order valence-corrected chi connectivity index (χ0v) is 15.6. The second kappa shape index (κ2) is 7.47. The highest BCUT2D eigenvalue weighted by molar-refractivity contribution is 5.30. The fourth-order valence-corrected chi connectivity index (χ4v) is 4.52. The maximum Gasteiger partial charge on any atom is 0.119 e. The summed E-state index contributed by atoms with van der Waals surface area (Å²) in [5.41, 5.74) is 1.79. The third-order valence-electron chi connectivity index (χ3n) is 6.20. The van der Waals surface area contributed by atoms with Gasteiger partial charge >= 0.3 is 0 Å². The van der Waals surface area contributed by atoms with Crippen LogP contribution in [-0.2, 0) is 0 Å². The van der Waals surface area contributed by atoms with Crippen molar-refractivity contribution in [2.45, 2.75) is 90.3 Å². The molecule has 2 atom stereocenters. The molecule has 134 valence electrons. The lowest BCUT2D eigenvalue weighted by Gasteiger charge is -2.37. The molecule has 1 N–H and O–H groups in total. The first-order valence-corrected chi connectivity index (χ1v) is 9.86. The lowest BCUT2D eigenvalue weighted by molar-refractivity contribution is 0.0882. The quantitative estimate of drug-likeness (QED) is 0.771. The van der Waals surface area contributed by atoms with Crippen LogP contribution in [0.15, 0.2) is 24.3 Å². The second-order valence-electron chi connectivity index (χ2n) is 9.04. The SMILES string of the molecule is CC(C)(C)C1CCC(Oc2ccc(C3CCCC(O)C3)cc2)CC1. The van der Waals surface area contributed by atoms with Gasteiger partial charge in [0.1, 0.15) is 5.75 Å². The van der Waals surface area contributed by atoms with E-state index in [1.54, 1.807) is 0 Å². The van der Waals surface area contributed by atoms with Crippen molar-refractivity contribution in [1.29, 1.82) is 0 Å². The lowest BCUT2D eigenvalue weighted by atomic mass is 9.72.